The molecular formula is C21H18O6. The Bertz CT molecular complexity index is 1050. The predicted octanol–water partition coefficient (Wildman–Crippen LogP) is 3.57. The first kappa shape index (κ1) is 18.3. The summed E-state index contributed by atoms with van der Waals surface area (Å²) in [5.41, 5.74) is 1.23. The molecule has 0 fully saturated rings. The van der Waals surface area contributed by atoms with Gasteiger partial charge in [-0.25, -0.2) is 9.59 Å². The normalized spacial score (nSPS) is 10.9. The van der Waals surface area contributed by atoms with Crippen LogP contribution >= 0.6 is 0 Å². The van der Waals surface area contributed by atoms with E-state index < -0.39 is 11.6 Å². The van der Waals surface area contributed by atoms with Gasteiger partial charge in [-0.1, -0.05) is 12.1 Å². The number of carbonyl (C=O) groups is 1. The number of esters is 1. The standard InChI is InChI=1S/C21H18O6/c1-24-16-5-3-4-14(10-16)6-9-20(22)26-13-15-11-21(23)27-19-12-17(25-2)7-8-18(15)19/h3-12H,13H2,1-2H3/b9-6+. The summed E-state index contributed by atoms with van der Waals surface area (Å²) in [5.74, 6) is 0.747. The van der Waals surface area contributed by atoms with E-state index in [1.165, 1.54) is 19.3 Å². The van der Waals surface area contributed by atoms with Gasteiger partial charge in [0.05, 0.1) is 14.2 Å². The van der Waals surface area contributed by atoms with Crippen molar-refractivity contribution in [3.63, 3.8) is 0 Å². The van der Waals surface area contributed by atoms with Crippen molar-refractivity contribution in [1.82, 2.24) is 0 Å². The highest BCUT2D eigenvalue weighted by Crippen LogP contribution is 2.23. The molecule has 0 unspecified atom stereocenters. The maximum atomic E-state index is 12.0. The minimum absolute atomic E-state index is 0.0459. The highest BCUT2D eigenvalue weighted by atomic mass is 16.5. The Morgan fingerprint density at radius 2 is 1.81 bits per heavy atom. The molecule has 0 saturated carbocycles. The van der Waals surface area contributed by atoms with Crippen molar-refractivity contribution in [2.24, 2.45) is 0 Å². The van der Waals surface area contributed by atoms with Crippen LogP contribution in [0.2, 0.25) is 0 Å². The fraction of sp³-hybridized carbons (Fsp3) is 0.143. The first-order valence-corrected chi connectivity index (χ1v) is 8.19. The number of carbonyl (C=O) groups excluding carboxylic acids is 1. The number of hydrogen-bond acceptors (Lipinski definition) is 6. The summed E-state index contributed by atoms with van der Waals surface area (Å²) < 4.78 is 20.7. The molecule has 1 aromatic heterocycles. The van der Waals surface area contributed by atoms with Gasteiger partial charge in [-0.05, 0) is 35.9 Å². The average Bonchev–Trinajstić information content (AvgIpc) is 2.69. The monoisotopic (exact) mass is 366 g/mol. The van der Waals surface area contributed by atoms with E-state index in [0.29, 0.717) is 28.0 Å². The van der Waals surface area contributed by atoms with Crippen LogP contribution in [0.1, 0.15) is 11.1 Å². The Labute approximate surface area is 155 Å². The molecule has 27 heavy (non-hydrogen) atoms. The number of methoxy groups -OCH3 is 2. The molecule has 0 aliphatic carbocycles. The minimum atomic E-state index is -0.521. The lowest BCUT2D eigenvalue weighted by Crippen LogP contribution is -2.05. The third-order valence-electron chi connectivity index (χ3n) is 3.91. The van der Waals surface area contributed by atoms with Crippen molar-refractivity contribution in [2.75, 3.05) is 14.2 Å². The van der Waals surface area contributed by atoms with Crippen molar-refractivity contribution in [3.8, 4) is 11.5 Å². The van der Waals surface area contributed by atoms with Crippen molar-refractivity contribution in [3.05, 3.63) is 76.2 Å². The first-order chi connectivity index (χ1) is 13.1. The van der Waals surface area contributed by atoms with E-state index in [0.717, 1.165) is 5.56 Å². The van der Waals surface area contributed by atoms with Crippen LogP contribution in [0, 0.1) is 0 Å². The molecular weight excluding hydrogens is 348 g/mol. The minimum Gasteiger partial charge on any atom is -0.497 e. The number of rotatable bonds is 6. The van der Waals surface area contributed by atoms with Crippen LogP contribution in [-0.2, 0) is 16.1 Å². The maximum absolute atomic E-state index is 12.0. The Hall–Kier alpha value is -3.54. The second-order valence-electron chi connectivity index (χ2n) is 5.67. The number of fused-ring (bicyclic) bond motifs is 1. The summed E-state index contributed by atoms with van der Waals surface area (Å²) in [6.07, 6.45) is 2.96. The third-order valence-corrected chi connectivity index (χ3v) is 3.91. The van der Waals surface area contributed by atoms with Gasteiger partial charge >= 0.3 is 11.6 Å². The lowest BCUT2D eigenvalue weighted by atomic mass is 10.1. The van der Waals surface area contributed by atoms with E-state index in [1.807, 2.05) is 18.2 Å². The van der Waals surface area contributed by atoms with E-state index in [-0.39, 0.29) is 6.61 Å². The van der Waals surface area contributed by atoms with E-state index in [4.69, 9.17) is 18.6 Å². The van der Waals surface area contributed by atoms with Crippen molar-refractivity contribution >= 4 is 23.0 Å². The summed E-state index contributed by atoms with van der Waals surface area (Å²) in [5, 5.41) is 0.681. The zero-order chi connectivity index (χ0) is 19.2. The van der Waals surface area contributed by atoms with Gasteiger partial charge < -0.3 is 18.6 Å². The van der Waals surface area contributed by atoms with Crippen molar-refractivity contribution in [1.29, 1.82) is 0 Å². The second-order valence-corrected chi connectivity index (χ2v) is 5.67. The fourth-order valence-corrected chi connectivity index (χ4v) is 2.56. The zero-order valence-electron chi connectivity index (χ0n) is 14.9. The maximum Gasteiger partial charge on any atom is 0.336 e. The summed E-state index contributed by atoms with van der Waals surface area (Å²) in [4.78, 5) is 23.7. The molecule has 0 spiro atoms. The van der Waals surface area contributed by atoms with Gasteiger partial charge in [0.1, 0.15) is 23.7 Å². The molecule has 138 valence electrons. The van der Waals surface area contributed by atoms with Crippen molar-refractivity contribution < 1.29 is 23.4 Å². The van der Waals surface area contributed by atoms with E-state index in [9.17, 15) is 9.59 Å². The summed E-state index contributed by atoms with van der Waals surface area (Å²) in [6, 6.07) is 13.7. The summed E-state index contributed by atoms with van der Waals surface area (Å²) >= 11 is 0. The fourth-order valence-electron chi connectivity index (χ4n) is 2.56. The molecule has 0 radical (unpaired) electrons. The third kappa shape index (κ3) is 4.55. The zero-order valence-corrected chi connectivity index (χ0v) is 14.9. The molecule has 0 N–H and O–H groups in total. The Kier molecular flexibility index (Phi) is 5.56. The van der Waals surface area contributed by atoms with E-state index in [1.54, 1.807) is 37.5 Å². The van der Waals surface area contributed by atoms with Crippen LogP contribution in [0.25, 0.3) is 17.0 Å². The average molecular weight is 366 g/mol. The Morgan fingerprint density at radius 3 is 2.59 bits per heavy atom. The summed E-state index contributed by atoms with van der Waals surface area (Å²) in [7, 11) is 3.10. The molecule has 0 aliphatic heterocycles. The Balaban J connectivity index is 1.73. The van der Waals surface area contributed by atoms with E-state index in [2.05, 4.69) is 0 Å². The molecule has 6 nitrogen and oxygen atoms in total. The lowest BCUT2D eigenvalue weighted by molar-refractivity contribution is -0.138. The van der Waals surface area contributed by atoms with Crippen LogP contribution in [0.4, 0.5) is 0 Å². The molecule has 0 bridgehead atoms. The van der Waals surface area contributed by atoms with Gasteiger partial charge in [-0.3, -0.25) is 0 Å². The van der Waals surface area contributed by atoms with Gasteiger partial charge in [0.15, 0.2) is 0 Å². The molecule has 0 saturated heterocycles. The number of hydrogen-bond donors (Lipinski definition) is 0. The van der Waals surface area contributed by atoms with E-state index >= 15 is 0 Å². The summed E-state index contributed by atoms with van der Waals surface area (Å²) in [6.45, 7) is -0.0459. The molecule has 3 rings (SSSR count). The first-order valence-electron chi connectivity index (χ1n) is 8.19. The predicted molar refractivity (Wildman–Crippen MR) is 101 cm³/mol. The smallest absolute Gasteiger partial charge is 0.336 e. The molecule has 3 aromatic rings. The molecule has 0 amide bonds. The van der Waals surface area contributed by atoms with Crippen LogP contribution < -0.4 is 15.1 Å². The largest absolute Gasteiger partial charge is 0.497 e. The number of ether oxygens (including phenoxy) is 3. The van der Waals surface area contributed by atoms with Crippen LogP contribution in [0.3, 0.4) is 0 Å². The van der Waals surface area contributed by atoms with Gasteiger partial charge in [0, 0.05) is 29.2 Å². The highest BCUT2D eigenvalue weighted by Gasteiger charge is 2.09. The molecule has 6 heteroatoms. The SMILES string of the molecule is COc1cccc(/C=C/C(=O)OCc2cc(=O)oc3cc(OC)ccc23)c1. The van der Waals surface area contributed by atoms with Crippen LogP contribution in [0.5, 0.6) is 11.5 Å². The molecule has 0 aliphatic rings. The van der Waals surface area contributed by atoms with Crippen molar-refractivity contribution in [2.45, 2.75) is 6.61 Å². The van der Waals surface area contributed by atoms with Gasteiger partial charge in [0.25, 0.3) is 0 Å². The molecule has 2 aromatic carbocycles. The molecule has 0 atom stereocenters. The Morgan fingerprint density at radius 1 is 1.04 bits per heavy atom. The topological polar surface area (TPSA) is 75.0 Å². The lowest BCUT2D eigenvalue weighted by Gasteiger charge is -2.07. The quantitative estimate of drug-likeness (QED) is 0.377. The van der Waals surface area contributed by atoms with Crippen LogP contribution in [-0.4, -0.2) is 20.2 Å². The number of benzene rings is 2. The van der Waals surface area contributed by atoms with Gasteiger partial charge in [-0.15, -0.1) is 0 Å². The van der Waals surface area contributed by atoms with Gasteiger partial charge in [-0.2, -0.15) is 0 Å². The second kappa shape index (κ2) is 8.23. The molecule has 1 heterocycles. The van der Waals surface area contributed by atoms with Gasteiger partial charge in [0.2, 0.25) is 0 Å². The van der Waals surface area contributed by atoms with Crippen LogP contribution in [0.15, 0.2) is 63.8 Å². The highest BCUT2D eigenvalue weighted by molar-refractivity contribution is 5.87.